The number of nitrogens with zero attached hydrogens (tertiary/aromatic N) is 4. The van der Waals surface area contributed by atoms with Gasteiger partial charge in [0, 0.05) is 6.07 Å². The summed E-state index contributed by atoms with van der Waals surface area (Å²) in [5.41, 5.74) is 5.47. The van der Waals surface area contributed by atoms with E-state index in [0.29, 0.717) is 0 Å². The predicted octanol–water partition coefficient (Wildman–Crippen LogP) is 0.599. The number of nitrogens with two attached hydrogens (primary N) is 1. The van der Waals surface area contributed by atoms with Crippen molar-refractivity contribution in [1.29, 1.82) is 0 Å². The van der Waals surface area contributed by atoms with Gasteiger partial charge in [-0.15, -0.1) is 0 Å². The monoisotopic (exact) mass is 272 g/mol. The number of nitrogens with one attached hydrogen (secondary N) is 1. The number of anilines is 1. The van der Waals surface area contributed by atoms with E-state index in [0.717, 1.165) is 0 Å². The van der Waals surface area contributed by atoms with Gasteiger partial charge in [-0.2, -0.15) is 4.98 Å². The highest BCUT2D eigenvalue weighted by molar-refractivity contribution is 5.77. The van der Waals surface area contributed by atoms with Gasteiger partial charge in [0.05, 0.1) is 11.3 Å². The normalized spacial score (nSPS) is 10.8. The van der Waals surface area contributed by atoms with E-state index in [2.05, 4.69) is 15.0 Å². The van der Waals surface area contributed by atoms with Gasteiger partial charge in [0.1, 0.15) is 5.69 Å². The van der Waals surface area contributed by atoms with Gasteiger partial charge in [0.25, 0.3) is 11.2 Å². The second-order valence-electron chi connectivity index (χ2n) is 3.96. The molecule has 0 aliphatic carbocycles. The third-order valence-corrected chi connectivity index (χ3v) is 2.80. The molecule has 9 nitrogen and oxygen atoms in total. The Bertz CT molecular complexity index is 881. The van der Waals surface area contributed by atoms with Crippen LogP contribution in [0.15, 0.2) is 35.4 Å². The molecule has 0 aliphatic heterocycles. The largest absolute Gasteiger partial charge is 0.369 e. The van der Waals surface area contributed by atoms with Gasteiger partial charge in [-0.05, 0) is 6.07 Å². The summed E-state index contributed by atoms with van der Waals surface area (Å²) < 4.78 is 1.22. The van der Waals surface area contributed by atoms with Gasteiger partial charge < -0.3 is 10.7 Å². The summed E-state index contributed by atoms with van der Waals surface area (Å²) in [5, 5.41) is 11.1. The topological polar surface area (TPSA) is 133 Å². The number of nitro groups is 1. The van der Waals surface area contributed by atoms with Crippen LogP contribution in [0.3, 0.4) is 0 Å². The SMILES string of the molecule is Nc1nc2nc[nH]c(=O)c2n1-c1ccccc1[N+](=O)[O-]. The highest BCUT2D eigenvalue weighted by Gasteiger charge is 2.21. The van der Waals surface area contributed by atoms with E-state index in [1.165, 1.54) is 29.1 Å². The van der Waals surface area contributed by atoms with E-state index in [1.54, 1.807) is 6.07 Å². The van der Waals surface area contributed by atoms with Crippen molar-refractivity contribution in [3.63, 3.8) is 0 Å². The number of benzene rings is 1. The van der Waals surface area contributed by atoms with Crippen LogP contribution in [0.5, 0.6) is 0 Å². The molecule has 0 radical (unpaired) electrons. The first-order valence-electron chi connectivity index (χ1n) is 5.55. The fourth-order valence-corrected chi connectivity index (χ4v) is 1.99. The number of aromatic amines is 1. The van der Waals surface area contributed by atoms with Gasteiger partial charge >= 0.3 is 0 Å². The molecule has 0 bridgehead atoms. The fraction of sp³-hybridized carbons (Fsp3) is 0. The number of aromatic nitrogens is 4. The highest BCUT2D eigenvalue weighted by Crippen LogP contribution is 2.26. The molecular weight excluding hydrogens is 264 g/mol. The first kappa shape index (κ1) is 11.8. The van der Waals surface area contributed by atoms with E-state index in [9.17, 15) is 14.9 Å². The van der Waals surface area contributed by atoms with Gasteiger partial charge in [-0.3, -0.25) is 19.5 Å². The van der Waals surface area contributed by atoms with Crippen molar-refractivity contribution in [2.75, 3.05) is 5.73 Å². The first-order valence-corrected chi connectivity index (χ1v) is 5.55. The minimum Gasteiger partial charge on any atom is -0.369 e. The number of rotatable bonds is 2. The highest BCUT2D eigenvalue weighted by atomic mass is 16.6. The van der Waals surface area contributed by atoms with Gasteiger partial charge in [0.15, 0.2) is 11.2 Å². The maximum atomic E-state index is 11.9. The van der Waals surface area contributed by atoms with Crippen molar-refractivity contribution in [2.24, 2.45) is 0 Å². The summed E-state index contributed by atoms with van der Waals surface area (Å²) in [6.45, 7) is 0. The minimum atomic E-state index is -0.550. The lowest BCUT2D eigenvalue weighted by Gasteiger charge is -2.05. The number of fused-ring (bicyclic) bond motifs is 1. The molecule has 2 aromatic heterocycles. The molecule has 3 rings (SSSR count). The third-order valence-electron chi connectivity index (χ3n) is 2.80. The predicted molar refractivity (Wildman–Crippen MR) is 70.6 cm³/mol. The molecular formula is C11H8N6O3. The first-order chi connectivity index (χ1) is 9.59. The average molecular weight is 272 g/mol. The second-order valence-corrected chi connectivity index (χ2v) is 3.96. The van der Waals surface area contributed by atoms with Crippen LogP contribution >= 0.6 is 0 Å². The Balaban J connectivity index is 2.45. The summed E-state index contributed by atoms with van der Waals surface area (Å²) in [6.07, 6.45) is 1.20. The lowest BCUT2D eigenvalue weighted by atomic mass is 10.2. The zero-order chi connectivity index (χ0) is 14.3. The van der Waals surface area contributed by atoms with E-state index >= 15 is 0 Å². The maximum Gasteiger partial charge on any atom is 0.293 e. The van der Waals surface area contributed by atoms with Crippen LogP contribution in [0.2, 0.25) is 0 Å². The molecule has 100 valence electrons. The Morgan fingerprint density at radius 1 is 1.35 bits per heavy atom. The van der Waals surface area contributed by atoms with Gasteiger partial charge in [-0.1, -0.05) is 12.1 Å². The van der Waals surface area contributed by atoms with Crippen molar-refractivity contribution >= 4 is 22.8 Å². The van der Waals surface area contributed by atoms with Crippen molar-refractivity contribution < 1.29 is 4.92 Å². The van der Waals surface area contributed by atoms with Crippen LogP contribution in [-0.2, 0) is 0 Å². The Morgan fingerprint density at radius 3 is 2.85 bits per heavy atom. The lowest BCUT2D eigenvalue weighted by molar-refractivity contribution is -0.384. The molecule has 1 aromatic carbocycles. The second kappa shape index (κ2) is 4.16. The van der Waals surface area contributed by atoms with Gasteiger partial charge in [0.2, 0.25) is 5.95 Å². The Kier molecular flexibility index (Phi) is 2.46. The van der Waals surface area contributed by atoms with E-state index < -0.39 is 10.5 Å². The average Bonchev–Trinajstić information content (AvgIpc) is 2.76. The molecule has 0 saturated carbocycles. The number of H-pyrrole nitrogens is 1. The maximum absolute atomic E-state index is 11.9. The molecule has 0 spiro atoms. The fourth-order valence-electron chi connectivity index (χ4n) is 1.99. The molecule has 3 N–H and O–H groups in total. The molecule has 0 amide bonds. The number of nitrogen functional groups attached to an aromatic ring is 1. The van der Waals surface area contributed by atoms with Crippen LogP contribution in [0.4, 0.5) is 11.6 Å². The number of nitro benzene ring substituents is 1. The number of para-hydroxylation sites is 2. The summed E-state index contributed by atoms with van der Waals surface area (Å²) >= 11 is 0. The Labute approximate surface area is 110 Å². The molecule has 3 aromatic rings. The molecule has 9 heteroatoms. The van der Waals surface area contributed by atoms with Crippen molar-refractivity contribution in [3.05, 3.63) is 51.1 Å². The van der Waals surface area contributed by atoms with Crippen LogP contribution in [0.1, 0.15) is 0 Å². The number of hydrogen-bond donors (Lipinski definition) is 2. The standard InChI is InChI=1S/C11H8N6O3/c12-11-15-9-8(10(18)14-5-13-9)16(11)6-3-1-2-4-7(6)17(19)20/h1-5H,(H3,12,13,14,15,18). The van der Waals surface area contributed by atoms with E-state index in [1.807, 2.05) is 0 Å². The van der Waals surface area contributed by atoms with Crippen molar-refractivity contribution in [1.82, 2.24) is 19.5 Å². The Hall–Kier alpha value is -3.23. The number of hydrogen-bond acceptors (Lipinski definition) is 6. The van der Waals surface area contributed by atoms with Crippen LogP contribution in [0, 0.1) is 10.1 Å². The summed E-state index contributed by atoms with van der Waals surface area (Å²) in [4.78, 5) is 32.6. The van der Waals surface area contributed by atoms with Crippen LogP contribution in [-0.4, -0.2) is 24.4 Å². The molecule has 0 atom stereocenters. The quantitative estimate of drug-likeness (QED) is 0.518. The van der Waals surface area contributed by atoms with Crippen molar-refractivity contribution in [2.45, 2.75) is 0 Å². The Morgan fingerprint density at radius 2 is 2.10 bits per heavy atom. The molecule has 0 fully saturated rings. The summed E-state index contributed by atoms with van der Waals surface area (Å²) in [5.74, 6) is -0.0431. The molecule has 20 heavy (non-hydrogen) atoms. The molecule has 2 heterocycles. The molecule has 0 saturated heterocycles. The molecule has 0 aliphatic rings. The zero-order valence-electron chi connectivity index (χ0n) is 9.98. The van der Waals surface area contributed by atoms with Gasteiger partial charge in [-0.25, -0.2) is 4.98 Å². The van der Waals surface area contributed by atoms with E-state index in [-0.39, 0.29) is 28.5 Å². The summed E-state index contributed by atoms with van der Waals surface area (Å²) in [6, 6.07) is 5.95. The summed E-state index contributed by atoms with van der Waals surface area (Å²) in [7, 11) is 0. The smallest absolute Gasteiger partial charge is 0.293 e. The van der Waals surface area contributed by atoms with Crippen LogP contribution < -0.4 is 11.3 Å². The zero-order valence-corrected chi connectivity index (χ0v) is 9.98. The molecule has 0 unspecified atom stereocenters. The van der Waals surface area contributed by atoms with E-state index in [4.69, 9.17) is 5.73 Å². The third kappa shape index (κ3) is 1.61. The number of imidazole rings is 1. The van der Waals surface area contributed by atoms with Crippen molar-refractivity contribution in [3.8, 4) is 5.69 Å². The lowest BCUT2D eigenvalue weighted by Crippen LogP contribution is -2.12. The minimum absolute atomic E-state index is 0.0431. The van der Waals surface area contributed by atoms with Crippen LogP contribution in [0.25, 0.3) is 16.9 Å².